The third kappa shape index (κ3) is 5.58. The molecule has 12 heteroatoms. The van der Waals surface area contributed by atoms with Gasteiger partial charge in [-0.15, -0.1) is 5.10 Å². The van der Waals surface area contributed by atoms with Crippen LogP contribution in [0.3, 0.4) is 0 Å². The summed E-state index contributed by atoms with van der Waals surface area (Å²) in [6.45, 7) is 2.57. The number of ether oxygens (including phenoxy) is 3. The minimum absolute atomic E-state index is 0.0356. The van der Waals surface area contributed by atoms with Crippen LogP contribution < -0.4 is 20.1 Å². The van der Waals surface area contributed by atoms with Crippen molar-refractivity contribution >= 4 is 11.7 Å². The number of urea groups is 1. The van der Waals surface area contributed by atoms with Crippen molar-refractivity contribution in [1.29, 1.82) is 0 Å². The number of anilines is 1. The molecule has 1 aliphatic heterocycles. The summed E-state index contributed by atoms with van der Waals surface area (Å²) in [6.07, 6.45) is 4.80. The number of carbonyl (C=O) groups excluding carboxylic acids is 1. The maximum absolute atomic E-state index is 14.2. The Labute approximate surface area is 237 Å². The maximum Gasteiger partial charge on any atom is 0.319 e. The van der Waals surface area contributed by atoms with E-state index in [1.165, 1.54) is 11.0 Å². The van der Waals surface area contributed by atoms with E-state index in [-0.39, 0.29) is 23.2 Å². The standard InChI is InChI=1S/C29H36F2N6O4/c1-39-18-20-17-36(34-33-20)13-12-35-11-10-29(19-4-7-25(40-2)26(14-19)41-3)9-8-22(16-27(29)35)37(28(32)38)21-5-6-23(30)24(31)15-21/h4-7,14-15,17,22,27H,8-13,16,18H2,1-3H3,(H2,32,38)/t22-,27+,29+/m1/s1. The molecular formula is C29H36F2N6O4. The fourth-order valence-electron chi connectivity index (χ4n) is 6.66. The number of primary amides is 1. The smallest absolute Gasteiger partial charge is 0.319 e. The minimum atomic E-state index is -1.02. The summed E-state index contributed by atoms with van der Waals surface area (Å²) in [5.41, 5.74) is 7.77. The Hall–Kier alpha value is -3.77. The molecule has 1 aromatic heterocycles. The van der Waals surface area contributed by atoms with Gasteiger partial charge in [0.25, 0.3) is 0 Å². The van der Waals surface area contributed by atoms with E-state index >= 15 is 0 Å². The van der Waals surface area contributed by atoms with Gasteiger partial charge < -0.3 is 19.9 Å². The Morgan fingerprint density at radius 3 is 2.59 bits per heavy atom. The highest BCUT2D eigenvalue weighted by atomic mass is 19.2. The molecule has 2 heterocycles. The molecule has 2 N–H and O–H groups in total. The molecule has 10 nitrogen and oxygen atoms in total. The molecule has 0 radical (unpaired) electrons. The van der Waals surface area contributed by atoms with Crippen LogP contribution in [0.5, 0.6) is 11.5 Å². The molecule has 3 atom stereocenters. The number of amides is 2. The molecule has 3 aromatic rings. The van der Waals surface area contributed by atoms with Crippen molar-refractivity contribution in [3.63, 3.8) is 0 Å². The van der Waals surface area contributed by atoms with E-state index in [4.69, 9.17) is 19.9 Å². The SMILES string of the molecule is COCc1cn(CCN2CC[C@]3(c4ccc(OC)c(OC)c4)CC[C@@H](N(C(N)=O)c4ccc(F)c(F)c4)C[C@H]23)nn1. The van der Waals surface area contributed by atoms with Gasteiger partial charge in [0.15, 0.2) is 23.1 Å². The second kappa shape index (κ2) is 12.0. The van der Waals surface area contributed by atoms with E-state index in [1.54, 1.807) is 21.3 Å². The molecule has 2 aliphatic rings. The zero-order valence-electron chi connectivity index (χ0n) is 23.6. The van der Waals surface area contributed by atoms with Gasteiger partial charge in [-0.25, -0.2) is 13.6 Å². The first-order valence-electron chi connectivity index (χ1n) is 13.7. The molecule has 41 heavy (non-hydrogen) atoms. The highest BCUT2D eigenvalue weighted by Crippen LogP contribution is 2.51. The Morgan fingerprint density at radius 2 is 1.88 bits per heavy atom. The third-order valence-corrected chi connectivity index (χ3v) is 8.58. The van der Waals surface area contributed by atoms with Gasteiger partial charge in [0.1, 0.15) is 5.69 Å². The summed E-state index contributed by atoms with van der Waals surface area (Å²) in [4.78, 5) is 16.5. The van der Waals surface area contributed by atoms with Crippen molar-refractivity contribution in [3.8, 4) is 11.5 Å². The Kier molecular flexibility index (Phi) is 8.41. The maximum atomic E-state index is 14.2. The average molecular weight is 571 g/mol. The van der Waals surface area contributed by atoms with Crippen molar-refractivity contribution in [2.45, 2.75) is 56.3 Å². The quantitative estimate of drug-likeness (QED) is 0.394. The zero-order valence-corrected chi connectivity index (χ0v) is 23.6. The highest BCUT2D eigenvalue weighted by molar-refractivity contribution is 5.91. The number of aromatic nitrogens is 3. The predicted molar refractivity (Wildman–Crippen MR) is 148 cm³/mol. The number of methoxy groups -OCH3 is 3. The number of nitrogens with zero attached hydrogens (tertiary/aromatic N) is 5. The van der Waals surface area contributed by atoms with Crippen LogP contribution in [0, 0.1) is 11.6 Å². The Balaban J connectivity index is 1.46. The van der Waals surface area contributed by atoms with E-state index in [9.17, 15) is 13.6 Å². The molecule has 2 fully saturated rings. The van der Waals surface area contributed by atoms with Crippen molar-refractivity contribution in [1.82, 2.24) is 19.9 Å². The van der Waals surface area contributed by atoms with Crippen molar-refractivity contribution < 1.29 is 27.8 Å². The molecular weight excluding hydrogens is 534 g/mol. The summed E-state index contributed by atoms with van der Waals surface area (Å²) in [5, 5.41) is 8.39. The number of hydrogen-bond donors (Lipinski definition) is 1. The molecule has 2 aromatic carbocycles. The van der Waals surface area contributed by atoms with Gasteiger partial charge >= 0.3 is 6.03 Å². The number of rotatable bonds is 10. The van der Waals surface area contributed by atoms with Gasteiger partial charge in [-0.05, 0) is 62.1 Å². The topological polar surface area (TPSA) is 108 Å². The summed E-state index contributed by atoms with van der Waals surface area (Å²) >= 11 is 0. The first-order valence-corrected chi connectivity index (χ1v) is 13.7. The van der Waals surface area contributed by atoms with E-state index < -0.39 is 17.7 Å². The van der Waals surface area contributed by atoms with Crippen LogP contribution in [0.25, 0.3) is 0 Å². The van der Waals surface area contributed by atoms with Gasteiger partial charge in [0.05, 0.1) is 33.6 Å². The van der Waals surface area contributed by atoms with Crippen LogP contribution >= 0.6 is 0 Å². The number of likely N-dealkylation sites (tertiary alicyclic amines) is 1. The van der Waals surface area contributed by atoms with Crippen LogP contribution in [-0.2, 0) is 23.3 Å². The van der Waals surface area contributed by atoms with Crippen LogP contribution in [0.2, 0.25) is 0 Å². The fourth-order valence-corrected chi connectivity index (χ4v) is 6.66. The lowest BCUT2D eigenvalue weighted by Crippen LogP contribution is -2.55. The van der Waals surface area contributed by atoms with Crippen LogP contribution in [0.15, 0.2) is 42.6 Å². The highest BCUT2D eigenvalue weighted by Gasteiger charge is 2.52. The molecule has 1 saturated carbocycles. The number of nitrogens with two attached hydrogens (primary N) is 1. The second-order valence-electron chi connectivity index (χ2n) is 10.7. The van der Waals surface area contributed by atoms with Crippen LogP contribution in [-0.4, -0.2) is 72.4 Å². The normalized spacial score (nSPS) is 22.4. The lowest BCUT2D eigenvalue weighted by Gasteiger charge is -2.47. The number of fused-ring (bicyclic) bond motifs is 1. The number of benzene rings is 2. The largest absolute Gasteiger partial charge is 0.493 e. The molecule has 0 spiro atoms. The third-order valence-electron chi connectivity index (χ3n) is 8.58. The zero-order chi connectivity index (χ0) is 29.1. The lowest BCUT2D eigenvalue weighted by molar-refractivity contribution is 0.138. The van der Waals surface area contributed by atoms with E-state index in [0.717, 1.165) is 42.8 Å². The van der Waals surface area contributed by atoms with Gasteiger partial charge in [0.2, 0.25) is 0 Å². The number of carbonyl (C=O) groups is 1. The Morgan fingerprint density at radius 1 is 1.07 bits per heavy atom. The first kappa shape index (κ1) is 28.7. The van der Waals surface area contributed by atoms with Gasteiger partial charge in [-0.3, -0.25) is 14.5 Å². The average Bonchev–Trinajstić information content (AvgIpc) is 3.58. The van der Waals surface area contributed by atoms with Crippen molar-refractivity contribution in [3.05, 3.63) is 65.5 Å². The second-order valence-corrected chi connectivity index (χ2v) is 10.7. The monoisotopic (exact) mass is 570 g/mol. The van der Waals surface area contributed by atoms with E-state index in [1.807, 2.05) is 23.0 Å². The molecule has 0 unspecified atom stereocenters. The molecule has 1 saturated heterocycles. The van der Waals surface area contributed by atoms with Crippen molar-refractivity contribution in [2.75, 3.05) is 39.3 Å². The predicted octanol–water partition coefficient (Wildman–Crippen LogP) is 3.87. The molecule has 5 rings (SSSR count). The molecule has 0 bridgehead atoms. The van der Waals surface area contributed by atoms with Crippen LogP contribution in [0.4, 0.5) is 19.3 Å². The van der Waals surface area contributed by atoms with E-state index in [2.05, 4.69) is 21.3 Å². The van der Waals surface area contributed by atoms with Gasteiger partial charge in [-0.2, -0.15) is 0 Å². The minimum Gasteiger partial charge on any atom is -0.493 e. The van der Waals surface area contributed by atoms with Gasteiger partial charge in [0, 0.05) is 42.9 Å². The fraction of sp³-hybridized carbons (Fsp3) is 0.483. The molecule has 2 amide bonds. The van der Waals surface area contributed by atoms with Crippen LogP contribution in [0.1, 0.15) is 36.9 Å². The summed E-state index contributed by atoms with van der Waals surface area (Å²) in [5.74, 6) is -0.679. The molecule has 1 aliphatic carbocycles. The molecule has 220 valence electrons. The van der Waals surface area contributed by atoms with E-state index in [0.29, 0.717) is 44.0 Å². The number of halogens is 2. The summed E-state index contributed by atoms with van der Waals surface area (Å²) in [7, 11) is 4.85. The lowest BCUT2D eigenvalue weighted by atomic mass is 9.64. The number of hydrogen-bond acceptors (Lipinski definition) is 7. The first-order chi connectivity index (χ1) is 19.8. The van der Waals surface area contributed by atoms with Gasteiger partial charge in [-0.1, -0.05) is 11.3 Å². The summed E-state index contributed by atoms with van der Waals surface area (Å²) < 4.78 is 46.0. The Bertz CT molecular complexity index is 1390. The van der Waals surface area contributed by atoms with Crippen molar-refractivity contribution in [2.24, 2.45) is 5.73 Å². The summed E-state index contributed by atoms with van der Waals surface area (Å²) in [6, 6.07) is 8.56.